The number of nitrogens with zero attached hydrogens (tertiary/aromatic N) is 2. The van der Waals surface area contributed by atoms with Crippen LogP contribution in [-0.2, 0) is 11.2 Å². The lowest BCUT2D eigenvalue weighted by molar-refractivity contribution is -0.129. The van der Waals surface area contributed by atoms with Gasteiger partial charge in [0.2, 0.25) is 5.91 Å². The van der Waals surface area contributed by atoms with E-state index in [1.807, 2.05) is 10.3 Å². The Labute approximate surface area is 140 Å². The molecule has 2 saturated heterocycles. The number of aryl methyl sites for hydroxylation is 1. The second-order valence-corrected chi connectivity index (χ2v) is 7.52. The van der Waals surface area contributed by atoms with E-state index in [1.54, 1.807) is 11.3 Å². The van der Waals surface area contributed by atoms with Crippen LogP contribution in [0.25, 0.3) is 10.6 Å². The van der Waals surface area contributed by atoms with Crippen LogP contribution in [0, 0.1) is 18.8 Å². The maximum atomic E-state index is 12.5. The number of thiazole rings is 1. The molecule has 1 aromatic heterocycles. The summed E-state index contributed by atoms with van der Waals surface area (Å²) in [7, 11) is 0. The largest absolute Gasteiger partial charge is 0.342 e. The number of hydrogen-bond donors (Lipinski definition) is 1. The molecule has 1 aromatic carbocycles. The third-order valence-electron chi connectivity index (χ3n) is 4.92. The summed E-state index contributed by atoms with van der Waals surface area (Å²) in [5.41, 5.74) is 3.27. The number of benzene rings is 1. The molecule has 0 unspecified atom stereocenters. The molecular formula is C18H21N3OS. The van der Waals surface area contributed by atoms with Crippen molar-refractivity contribution in [3.8, 4) is 10.6 Å². The van der Waals surface area contributed by atoms with Gasteiger partial charge in [0.05, 0.1) is 12.1 Å². The molecule has 3 heterocycles. The Balaban J connectivity index is 1.41. The molecule has 1 amide bonds. The van der Waals surface area contributed by atoms with Gasteiger partial charge in [0.25, 0.3) is 0 Å². The number of nitrogens with one attached hydrogen (secondary N) is 1. The third kappa shape index (κ3) is 3.03. The van der Waals surface area contributed by atoms with Crippen molar-refractivity contribution >= 4 is 17.2 Å². The first kappa shape index (κ1) is 14.8. The van der Waals surface area contributed by atoms with Gasteiger partial charge in [0.1, 0.15) is 5.01 Å². The van der Waals surface area contributed by atoms with Crippen molar-refractivity contribution < 1.29 is 4.79 Å². The van der Waals surface area contributed by atoms with E-state index in [9.17, 15) is 4.79 Å². The van der Waals surface area contributed by atoms with Crippen LogP contribution in [-0.4, -0.2) is 42.0 Å². The minimum atomic E-state index is 0.222. The van der Waals surface area contributed by atoms with Gasteiger partial charge in [-0.3, -0.25) is 4.79 Å². The minimum absolute atomic E-state index is 0.222. The van der Waals surface area contributed by atoms with E-state index >= 15 is 0 Å². The Kier molecular flexibility index (Phi) is 3.91. The van der Waals surface area contributed by atoms with Crippen LogP contribution in [0.1, 0.15) is 11.3 Å². The van der Waals surface area contributed by atoms with Crippen LogP contribution < -0.4 is 5.32 Å². The molecule has 0 spiro atoms. The van der Waals surface area contributed by atoms with E-state index in [0.29, 0.717) is 18.3 Å². The van der Waals surface area contributed by atoms with Crippen molar-refractivity contribution in [2.24, 2.45) is 11.8 Å². The lowest BCUT2D eigenvalue weighted by atomic mass is 10.0. The van der Waals surface area contributed by atoms with Crippen molar-refractivity contribution in [2.75, 3.05) is 26.2 Å². The lowest BCUT2D eigenvalue weighted by Crippen LogP contribution is -2.33. The number of likely N-dealkylation sites (tertiary alicyclic amines) is 1. The lowest BCUT2D eigenvalue weighted by Gasteiger charge is -2.16. The molecule has 2 aliphatic heterocycles. The average Bonchev–Trinajstić information content (AvgIpc) is 3.22. The molecule has 1 N–H and O–H groups in total. The highest BCUT2D eigenvalue weighted by Gasteiger charge is 2.37. The minimum Gasteiger partial charge on any atom is -0.342 e. The molecule has 2 aromatic rings. The molecule has 4 nitrogen and oxygen atoms in total. The molecular weight excluding hydrogens is 306 g/mol. The highest BCUT2D eigenvalue weighted by molar-refractivity contribution is 7.13. The van der Waals surface area contributed by atoms with Gasteiger partial charge in [0.15, 0.2) is 0 Å². The fourth-order valence-electron chi connectivity index (χ4n) is 3.54. The van der Waals surface area contributed by atoms with Crippen molar-refractivity contribution in [3.05, 3.63) is 40.9 Å². The van der Waals surface area contributed by atoms with E-state index < -0.39 is 0 Å². The topological polar surface area (TPSA) is 45.2 Å². The van der Waals surface area contributed by atoms with Gasteiger partial charge < -0.3 is 10.2 Å². The standard InChI is InChI=1S/C18H21N3OS/c1-12-2-4-13(5-3-12)18-20-16(11-23-18)6-17(22)21-9-14-7-19-8-15(14)10-21/h2-5,11,14-15,19H,6-10H2,1H3/t14-,15+. The van der Waals surface area contributed by atoms with E-state index in [2.05, 4.69) is 41.5 Å². The Hall–Kier alpha value is -1.72. The zero-order valence-corrected chi connectivity index (χ0v) is 14.1. The van der Waals surface area contributed by atoms with E-state index in [0.717, 1.165) is 42.4 Å². The molecule has 0 saturated carbocycles. The first-order chi connectivity index (χ1) is 11.2. The summed E-state index contributed by atoms with van der Waals surface area (Å²) in [6.45, 7) is 6.01. The maximum Gasteiger partial charge on any atom is 0.228 e. The van der Waals surface area contributed by atoms with Gasteiger partial charge in [-0.15, -0.1) is 11.3 Å². The first-order valence-electron chi connectivity index (χ1n) is 8.19. The van der Waals surface area contributed by atoms with Crippen LogP contribution in [0.2, 0.25) is 0 Å². The van der Waals surface area contributed by atoms with Crippen molar-refractivity contribution in [2.45, 2.75) is 13.3 Å². The quantitative estimate of drug-likeness (QED) is 0.941. The SMILES string of the molecule is Cc1ccc(-c2nc(CC(=O)N3C[C@H]4CNC[C@H]4C3)cs2)cc1. The molecule has 0 aliphatic carbocycles. The first-order valence-corrected chi connectivity index (χ1v) is 9.07. The average molecular weight is 327 g/mol. The molecule has 2 aliphatic rings. The third-order valence-corrected chi connectivity index (χ3v) is 5.87. The summed E-state index contributed by atoms with van der Waals surface area (Å²) >= 11 is 1.62. The monoisotopic (exact) mass is 327 g/mol. The fourth-order valence-corrected chi connectivity index (χ4v) is 4.37. The molecule has 23 heavy (non-hydrogen) atoms. The smallest absolute Gasteiger partial charge is 0.228 e. The summed E-state index contributed by atoms with van der Waals surface area (Å²) in [5, 5.41) is 6.43. The molecule has 2 atom stereocenters. The summed E-state index contributed by atoms with van der Waals surface area (Å²) in [6, 6.07) is 8.38. The fraction of sp³-hybridized carbons (Fsp3) is 0.444. The highest BCUT2D eigenvalue weighted by Crippen LogP contribution is 2.28. The van der Waals surface area contributed by atoms with Gasteiger partial charge in [-0.2, -0.15) is 0 Å². The molecule has 2 fully saturated rings. The number of rotatable bonds is 3. The summed E-state index contributed by atoms with van der Waals surface area (Å²) in [6.07, 6.45) is 0.426. The zero-order chi connectivity index (χ0) is 15.8. The van der Waals surface area contributed by atoms with Crippen LogP contribution in [0.15, 0.2) is 29.6 Å². The summed E-state index contributed by atoms with van der Waals surface area (Å²) < 4.78 is 0. The summed E-state index contributed by atoms with van der Waals surface area (Å²) in [5.74, 6) is 1.52. The zero-order valence-electron chi connectivity index (χ0n) is 13.3. The number of fused-ring (bicyclic) bond motifs is 1. The maximum absolute atomic E-state index is 12.5. The van der Waals surface area contributed by atoms with Gasteiger partial charge in [-0.1, -0.05) is 29.8 Å². The number of carbonyl (C=O) groups is 1. The van der Waals surface area contributed by atoms with Crippen molar-refractivity contribution in [1.82, 2.24) is 15.2 Å². The van der Waals surface area contributed by atoms with Crippen LogP contribution in [0.3, 0.4) is 0 Å². The Morgan fingerprint density at radius 1 is 1.26 bits per heavy atom. The molecule has 0 radical (unpaired) electrons. The predicted octanol–water partition coefficient (Wildman–Crippen LogP) is 2.34. The van der Waals surface area contributed by atoms with Crippen molar-refractivity contribution in [3.63, 3.8) is 0 Å². The van der Waals surface area contributed by atoms with Gasteiger partial charge in [0, 0.05) is 37.1 Å². The van der Waals surface area contributed by atoms with E-state index in [-0.39, 0.29) is 5.91 Å². The molecule has 5 heteroatoms. The van der Waals surface area contributed by atoms with E-state index in [4.69, 9.17) is 0 Å². The molecule has 120 valence electrons. The predicted molar refractivity (Wildman–Crippen MR) is 92.4 cm³/mol. The van der Waals surface area contributed by atoms with Gasteiger partial charge in [-0.05, 0) is 18.8 Å². The molecule has 0 bridgehead atoms. The normalized spacial score (nSPS) is 23.3. The number of aromatic nitrogens is 1. The Morgan fingerprint density at radius 3 is 2.65 bits per heavy atom. The number of amides is 1. The second-order valence-electron chi connectivity index (χ2n) is 6.66. The van der Waals surface area contributed by atoms with Gasteiger partial charge in [-0.25, -0.2) is 4.98 Å². The summed E-state index contributed by atoms with van der Waals surface area (Å²) in [4.78, 5) is 19.2. The van der Waals surface area contributed by atoms with Crippen LogP contribution >= 0.6 is 11.3 Å². The second kappa shape index (κ2) is 6.06. The Bertz CT molecular complexity index is 697. The molecule has 4 rings (SSSR count). The van der Waals surface area contributed by atoms with Gasteiger partial charge >= 0.3 is 0 Å². The van der Waals surface area contributed by atoms with Crippen molar-refractivity contribution in [1.29, 1.82) is 0 Å². The van der Waals surface area contributed by atoms with E-state index in [1.165, 1.54) is 5.56 Å². The van der Waals surface area contributed by atoms with Crippen LogP contribution in [0.5, 0.6) is 0 Å². The Morgan fingerprint density at radius 2 is 1.96 bits per heavy atom. The number of carbonyl (C=O) groups excluding carboxylic acids is 1. The van der Waals surface area contributed by atoms with Crippen LogP contribution in [0.4, 0.5) is 0 Å². The highest BCUT2D eigenvalue weighted by atomic mass is 32.1. The number of hydrogen-bond acceptors (Lipinski definition) is 4.